The third-order valence-electron chi connectivity index (χ3n) is 8.13. The number of aromatic nitrogens is 5. The second-order valence-corrected chi connectivity index (χ2v) is 11.4. The molecule has 0 amide bonds. The van der Waals surface area contributed by atoms with Gasteiger partial charge in [0.1, 0.15) is 0 Å². The Kier molecular flexibility index (Phi) is 7.76. The van der Waals surface area contributed by atoms with Crippen molar-refractivity contribution < 1.29 is 13.2 Å². The average molecular weight is 609 g/mol. The first-order valence-corrected chi connectivity index (χ1v) is 14.9. The molecular formula is C34H31F3N8. The van der Waals surface area contributed by atoms with Crippen LogP contribution < -0.4 is 10.6 Å². The predicted octanol–water partition coefficient (Wildman–Crippen LogP) is 7.26. The summed E-state index contributed by atoms with van der Waals surface area (Å²) >= 11 is 0. The van der Waals surface area contributed by atoms with E-state index >= 15 is 0 Å². The number of rotatable bonds is 8. The van der Waals surface area contributed by atoms with E-state index in [1.807, 2.05) is 41.0 Å². The molecule has 3 aromatic carbocycles. The van der Waals surface area contributed by atoms with E-state index in [0.29, 0.717) is 35.0 Å². The number of hydrogen-bond donors (Lipinski definition) is 2. The molecule has 0 saturated carbocycles. The molecule has 6 aromatic rings. The summed E-state index contributed by atoms with van der Waals surface area (Å²) in [7, 11) is 0. The van der Waals surface area contributed by atoms with Gasteiger partial charge in [0.2, 0.25) is 5.95 Å². The molecule has 7 rings (SSSR count). The lowest BCUT2D eigenvalue weighted by Crippen LogP contribution is -2.38. The molecule has 1 aliphatic heterocycles. The summed E-state index contributed by atoms with van der Waals surface area (Å²) in [5.74, 6) is 1.02. The van der Waals surface area contributed by atoms with Gasteiger partial charge in [0.25, 0.3) is 0 Å². The van der Waals surface area contributed by atoms with Gasteiger partial charge in [-0.05, 0) is 60.4 Å². The Balaban J connectivity index is 1.15. The Morgan fingerprint density at radius 1 is 0.800 bits per heavy atom. The lowest BCUT2D eigenvalue weighted by molar-refractivity contribution is -0.137. The van der Waals surface area contributed by atoms with E-state index in [9.17, 15) is 13.2 Å². The average Bonchev–Trinajstić information content (AvgIpc) is 3.45. The summed E-state index contributed by atoms with van der Waals surface area (Å²) in [6, 6.07) is 25.6. The van der Waals surface area contributed by atoms with Crippen molar-refractivity contribution in [3.8, 4) is 0 Å². The van der Waals surface area contributed by atoms with E-state index in [-0.39, 0.29) is 6.04 Å². The molecule has 3 aromatic heterocycles. The molecule has 1 saturated heterocycles. The van der Waals surface area contributed by atoms with E-state index in [0.717, 1.165) is 61.2 Å². The Morgan fingerprint density at radius 2 is 1.58 bits per heavy atom. The van der Waals surface area contributed by atoms with Crippen LogP contribution in [0.3, 0.4) is 0 Å². The van der Waals surface area contributed by atoms with Crippen molar-refractivity contribution in [2.75, 3.05) is 23.7 Å². The minimum Gasteiger partial charge on any atom is -0.365 e. The van der Waals surface area contributed by atoms with Crippen LogP contribution in [0.4, 0.5) is 30.6 Å². The topological polar surface area (TPSA) is 83.8 Å². The summed E-state index contributed by atoms with van der Waals surface area (Å²) in [6.07, 6.45) is 0.936. The second kappa shape index (κ2) is 12.2. The van der Waals surface area contributed by atoms with Crippen molar-refractivity contribution >= 4 is 39.5 Å². The molecule has 228 valence electrons. The first-order valence-electron chi connectivity index (χ1n) is 14.9. The fourth-order valence-corrected chi connectivity index (χ4v) is 5.77. The molecule has 0 spiro atoms. The van der Waals surface area contributed by atoms with Crippen LogP contribution in [-0.4, -0.2) is 48.5 Å². The fraction of sp³-hybridized carbons (Fsp3) is 0.235. The monoisotopic (exact) mass is 608 g/mol. The van der Waals surface area contributed by atoms with Gasteiger partial charge >= 0.3 is 6.18 Å². The highest BCUT2D eigenvalue weighted by Crippen LogP contribution is 2.30. The number of anilines is 3. The number of pyridine rings is 1. The molecule has 0 unspecified atom stereocenters. The van der Waals surface area contributed by atoms with E-state index in [2.05, 4.69) is 49.8 Å². The quantitative estimate of drug-likeness (QED) is 0.188. The summed E-state index contributed by atoms with van der Waals surface area (Å²) < 4.78 is 41.2. The maximum atomic E-state index is 13.1. The molecule has 0 radical (unpaired) electrons. The van der Waals surface area contributed by atoms with Crippen LogP contribution in [0.15, 0.2) is 97.5 Å². The fourth-order valence-electron chi connectivity index (χ4n) is 5.77. The van der Waals surface area contributed by atoms with Gasteiger partial charge in [-0.25, -0.2) is 4.98 Å². The minimum absolute atomic E-state index is 0.203. The number of nitrogens with one attached hydrogen (secondary N) is 2. The van der Waals surface area contributed by atoms with Gasteiger partial charge in [-0.15, -0.1) is 0 Å². The van der Waals surface area contributed by atoms with Crippen molar-refractivity contribution in [2.24, 2.45) is 0 Å². The smallest absolute Gasteiger partial charge is 0.365 e. The zero-order chi connectivity index (χ0) is 30.8. The lowest BCUT2D eigenvalue weighted by Gasteiger charge is -2.32. The Morgan fingerprint density at radius 3 is 2.36 bits per heavy atom. The highest BCUT2D eigenvalue weighted by Gasteiger charge is 2.30. The second-order valence-electron chi connectivity index (χ2n) is 11.4. The summed E-state index contributed by atoms with van der Waals surface area (Å²) in [4.78, 5) is 21.2. The van der Waals surface area contributed by atoms with Gasteiger partial charge in [-0.2, -0.15) is 23.1 Å². The largest absolute Gasteiger partial charge is 0.416 e. The molecule has 1 fully saturated rings. The molecule has 45 heavy (non-hydrogen) atoms. The van der Waals surface area contributed by atoms with Crippen molar-refractivity contribution in [3.05, 3.63) is 114 Å². The number of fused-ring (bicyclic) bond motifs is 2. The number of nitrogens with zero attached hydrogens (tertiary/aromatic N) is 6. The van der Waals surface area contributed by atoms with Gasteiger partial charge in [0.05, 0.1) is 24.0 Å². The number of hydrogen-bond acceptors (Lipinski definition) is 7. The third-order valence-corrected chi connectivity index (χ3v) is 8.13. The van der Waals surface area contributed by atoms with Crippen LogP contribution in [0, 0.1) is 0 Å². The van der Waals surface area contributed by atoms with Gasteiger partial charge in [-0.1, -0.05) is 48.5 Å². The van der Waals surface area contributed by atoms with Crippen LogP contribution in [0.25, 0.3) is 22.1 Å². The molecule has 0 bridgehead atoms. The van der Waals surface area contributed by atoms with Crippen LogP contribution >= 0.6 is 0 Å². The standard InChI is InChI=1S/C34H31F3N8/c35-34(36,37)26-10-8-24(9-11-26)21-45-22-39-30-31(40-27-14-17-44(18-15-27)20-23-5-2-1-3-6-23)42-33(43-32(30)45)41-28-12-13-29-25(19-28)7-4-16-38-29/h1-13,16,19,22,27H,14-15,17-18,20-21H2,(H2,40,41,42,43). The molecule has 0 aliphatic carbocycles. The van der Waals surface area contributed by atoms with Crippen molar-refractivity contribution in [1.29, 1.82) is 0 Å². The Bertz CT molecular complexity index is 1910. The summed E-state index contributed by atoms with van der Waals surface area (Å²) in [6.45, 7) is 3.15. The first-order chi connectivity index (χ1) is 21.9. The van der Waals surface area contributed by atoms with Crippen LogP contribution in [0.2, 0.25) is 0 Å². The highest BCUT2D eigenvalue weighted by atomic mass is 19.4. The maximum absolute atomic E-state index is 13.1. The van der Waals surface area contributed by atoms with E-state index in [1.54, 1.807) is 12.5 Å². The molecular weight excluding hydrogens is 577 g/mol. The van der Waals surface area contributed by atoms with Gasteiger partial charge in [-0.3, -0.25) is 9.88 Å². The highest BCUT2D eigenvalue weighted by molar-refractivity contribution is 5.86. The van der Waals surface area contributed by atoms with Gasteiger partial charge in [0, 0.05) is 42.9 Å². The molecule has 2 N–H and O–H groups in total. The number of imidazole rings is 1. The van der Waals surface area contributed by atoms with Gasteiger partial charge < -0.3 is 15.2 Å². The minimum atomic E-state index is -4.38. The van der Waals surface area contributed by atoms with Crippen molar-refractivity contribution in [3.63, 3.8) is 0 Å². The maximum Gasteiger partial charge on any atom is 0.416 e. The van der Waals surface area contributed by atoms with Gasteiger partial charge in [0.15, 0.2) is 17.0 Å². The number of halogens is 3. The number of piperidine rings is 1. The first kappa shape index (κ1) is 28.7. The molecule has 11 heteroatoms. The Labute approximate surface area is 258 Å². The van der Waals surface area contributed by atoms with E-state index in [1.165, 1.54) is 17.7 Å². The summed E-state index contributed by atoms with van der Waals surface area (Å²) in [5, 5.41) is 7.96. The van der Waals surface area contributed by atoms with Crippen LogP contribution in [0.5, 0.6) is 0 Å². The Hall–Kier alpha value is -5.03. The normalized spacial score (nSPS) is 14.6. The van der Waals surface area contributed by atoms with E-state index in [4.69, 9.17) is 9.97 Å². The van der Waals surface area contributed by atoms with Crippen LogP contribution in [0.1, 0.15) is 29.5 Å². The third kappa shape index (κ3) is 6.58. The summed E-state index contributed by atoms with van der Waals surface area (Å²) in [5.41, 5.74) is 4.22. The molecule has 4 heterocycles. The molecule has 1 aliphatic rings. The number of alkyl halides is 3. The SMILES string of the molecule is FC(F)(F)c1ccc(Cn2cnc3c(NC4CCN(Cc5ccccc5)CC4)nc(Nc4ccc5ncccc5c4)nc32)cc1. The van der Waals surface area contributed by atoms with Crippen molar-refractivity contribution in [2.45, 2.75) is 38.1 Å². The zero-order valence-corrected chi connectivity index (χ0v) is 24.4. The number of likely N-dealkylation sites (tertiary alicyclic amines) is 1. The van der Waals surface area contributed by atoms with Crippen LogP contribution in [-0.2, 0) is 19.3 Å². The molecule has 0 atom stereocenters. The molecule has 8 nitrogen and oxygen atoms in total. The predicted molar refractivity (Wildman–Crippen MR) is 169 cm³/mol. The zero-order valence-electron chi connectivity index (χ0n) is 24.4. The van der Waals surface area contributed by atoms with Crippen molar-refractivity contribution in [1.82, 2.24) is 29.4 Å². The van der Waals surface area contributed by atoms with E-state index < -0.39 is 11.7 Å². The lowest BCUT2D eigenvalue weighted by atomic mass is 10.0. The number of benzene rings is 3.